The third-order valence-electron chi connectivity index (χ3n) is 1.47. The third kappa shape index (κ3) is 2.12. The molecule has 66 valence electrons. The molecule has 0 fully saturated rings. The quantitative estimate of drug-likeness (QED) is 0.520. The molecule has 0 heterocycles. The van der Waals surface area contributed by atoms with E-state index in [-0.39, 0.29) is 11.2 Å². The van der Waals surface area contributed by atoms with E-state index >= 15 is 0 Å². The van der Waals surface area contributed by atoms with Crippen molar-refractivity contribution in [2.45, 2.75) is 12.3 Å². The Bertz CT molecular complexity index is 299. The fourth-order valence-electron chi connectivity index (χ4n) is 0.843. The van der Waals surface area contributed by atoms with Crippen molar-refractivity contribution in [2.24, 2.45) is 0 Å². The molecule has 0 spiro atoms. The second-order valence-electron chi connectivity index (χ2n) is 2.40. The smallest absolute Gasteiger partial charge is 0.129 e. The van der Waals surface area contributed by atoms with Gasteiger partial charge in [0.2, 0.25) is 0 Å². The van der Waals surface area contributed by atoms with Gasteiger partial charge in [-0.05, 0) is 35.0 Å². The number of halogens is 4. The summed E-state index contributed by atoms with van der Waals surface area (Å²) in [6.45, 7) is 1.71. The van der Waals surface area contributed by atoms with E-state index in [1.54, 1.807) is 13.0 Å². The first-order valence-electron chi connectivity index (χ1n) is 3.31. The Hall–Kier alpha value is 0.210. The second-order valence-corrected chi connectivity index (χ2v) is 4.32. The number of alkyl halides is 1. The van der Waals surface area contributed by atoms with Crippen molar-refractivity contribution in [1.82, 2.24) is 0 Å². The van der Waals surface area contributed by atoms with E-state index < -0.39 is 0 Å². The van der Waals surface area contributed by atoms with Crippen LogP contribution < -0.4 is 0 Å². The lowest BCUT2D eigenvalue weighted by Crippen LogP contribution is -1.90. The van der Waals surface area contributed by atoms with Crippen LogP contribution in [0.3, 0.4) is 0 Å². The van der Waals surface area contributed by atoms with E-state index in [1.807, 2.05) is 0 Å². The minimum atomic E-state index is -0.370. The van der Waals surface area contributed by atoms with E-state index in [0.717, 1.165) is 0 Å². The van der Waals surface area contributed by atoms with Crippen LogP contribution >= 0.6 is 39.1 Å². The molecular formula is C8H6BrCl2F. The Kier molecular flexibility index (Phi) is 3.38. The highest BCUT2D eigenvalue weighted by Gasteiger charge is 2.10. The molecule has 0 aliphatic heterocycles. The molecule has 0 saturated carbocycles. The van der Waals surface area contributed by atoms with Gasteiger partial charge in [0.25, 0.3) is 0 Å². The Balaban J connectivity index is 3.23. The Morgan fingerprint density at radius 3 is 2.58 bits per heavy atom. The van der Waals surface area contributed by atoms with E-state index in [4.69, 9.17) is 23.2 Å². The van der Waals surface area contributed by atoms with E-state index in [2.05, 4.69) is 15.9 Å². The van der Waals surface area contributed by atoms with Gasteiger partial charge in [-0.15, -0.1) is 11.6 Å². The second kappa shape index (κ2) is 3.95. The molecule has 1 aromatic carbocycles. The maximum Gasteiger partial charge on any atom is 0.129 e. The summed E-state index contributed by atoms with van der Waals surface area (Å²) in [6.07, 6.45) is 0. The normalized spacial score (nSPS) is 13.1. The van der Waals surface area contributed by atoms with Crippen LogP contribution in [0.4, 0.5) is 4.39 Å². The van der Waals surface area contributed by atoms with Crippen LogP contribution in [0.25, 0.3) is 0 Å². The van der Waals surface area contributed by atoms with Crippen LogP contribution in [-0.4, -0.2) is 0 Å². The molecule has 1 rings (SSSR count). The number of rotatable bonds is 1. The van der Waals surface area contributed by atoms with Gasteiger partial charge >= 0.3 is 0 Å². The molecular weight excluding hydrogens is 266 g/mol. The van der Waals surface area contributed by atoms with Crippen LogP contribution in [0.2, 0.25) is 5.02 Å². The van der Waals surface area contributed by atoms with Crippen LogP contribution in [0.15, 0.2) is 16.6 Å². The highest BCUT2D eigenvalue weighted by molar-refractivity contribution is 9.10. The molecule has 0 radical (unpaired) electrons. The minimum Gasteiger partial charge on any atom is -0.207 e. The van der Waals surface area contributed by atoms with Gasteiger partial charge in [0.15, 0.2) is 0 Å². The highest BCUT2D eigenvalue weighted by atomic mass is 79.9. The summed E-state index contributed by atoms with van der Waals surface area (Å²) in [5.41, 5.74) is 0.452. The summed E-state index contributed by atoms with van der Waals surface area (Å²) in [5.74, 6) is -0.370. The van der Waals surface area contributed by atoms with Crippen molar-refractivity contribution in [3.05, 3.63) is 33.0 Å². The predicted molar refractivity (Wildman–Crippen MR) is 53.4 cm³/mol. The third-order valence-corrected chi connectivity index (χ3v) is 2.90. The monoisotopic (exact) mass is 270 g/mol. The van der Waals surface area contributed by atoms with Crippen molar-refractivity contribution in [2.75, 3.05) is 0 Å². The largest absolute Gasteiger partial charge is 0.207 e. The molecule has 0 aliphatic carbocycles. The molecule has 0 aromatic heterocycles. The van der Waals surface area contributed by atoms with Gasteiger partial charge in [0, 0.05) is 10.0 Å². The lowest BCUT2D eigenvalue weighted by atomic mass is 10.1. The summed E-state index contributed by atoms with van der Waals surface area (Å²) in [4.78, 5) is 0. The van der Waals surface area contributed by atoms with Crippen LogP contribution in [0, 0.1) is 5.82 Å². The average Bonchev–Trinajstić information content (AvgIpc) is 1.96. The Morgan fingerprint density at radius 1 is 1.50 bits per heavy atom. The van der Waals surface area contributed by atoms with E-state index in [9.17, 15) is 4.39 Å². The summed E-state index contributed by atoms with van der Waals surface area (Å²) in [6, 6.07) is 2.84. The average molecular weight is 272 g/mol. The van der Waals surface area contributed by atoms with Crippen molar-refractivity contribution >= 4 is 39.1 Å². The fraction of sp³-hybridized carbons (Fsp3) is 0.250. The Labute approximate surface area is 88.8 Å². The highest BCUT2D eigenvalue weighted by Crippen LogP contribution is 2.30. The van der Waals surface area contributed by atoms with Gasteiger partial charge in [-0.1, -0.05) is 11.6 Å². The molecule has 0 nitrogen and oxygen atoms in total. The summed E-state index contributed by atoms with van der Waals surface area (Å²) in [7, 11) is 0. The SMILES string of the molecule is CC(Cl)c1cc(Br)c(Cl)cc1F. The zero-order valence-corrected chi connectivity index (χ0v) is 9.34. The van der Waals surface area contributed by atoms with Gasteiger partial charge < -0.3 is 0 Å². The Morgan fingerprint density at radius 2 is 2.08 bits per heavy atom. The van der Waals surface area contributed by atoms with Gasteiger partial charge in [-0.2, -0.15) is 0 Å². The predicted octanol–water partition coefficient (Wildman–Crippen LogP) is 4.54. The topological polar surface area (TPSA) is 0 Å². The van der Waals surface area contributed by atoms with Gasteiger partial charge in [-0.3, -0.25) is 0 Å². The number of hydrogen-bond donors (Lipinski definition) is 0. The minimum absolute atomic E-state index is 0.349. The molecule has 0 amide bonds. The van der Waals surface area contributed by atoms with Gasteiger partial charge in [0.1, 0.15) is 5.82 Å². The molecule has 0 bridgehead atoms. The lowest BCUT2D eigenvalue weighted by molar-refractivity contribution is 0.610. The summed E-state index contributed by atoms with van der Waals surface area (Å²) >= 11 is 14.6. The molecule has 0 N–H and O–H groups in total. The molecule has 4 heteroatoms. The molecule has 12 heavy (non-hydrogen) atoms. The van der Waals surface area contributed by atoms with Crippen molar-refractivity contribution in [3.8, 4) is 0 Å². The molecule has 1 aromatic rings. The summed E-state index contributed by atoms with van der Waals surface area (Å²) < 4.78 is 13.8. The van der Waals surface area contributed by atoms with Crippen LogP contribution in [-0.2, 0) is 0 Å². The van der Waals surface area contributed by atoms with E-state index in [1.165, 1.54) is 6.07 Å². The molecule has 0 saturated heterocycles. The van der Waals surface area contributed by atoms with Gasteiger partial charge in [0.05, 0.1) is 10.4 Å². The maximum atomic E-state index is 13.1. The van der Waals surface area contributed by atoms with Crippen molar-refractivity contribution in [3.63, 3.8) is 0 Å². The van der Waals surface area contributed by atoms with Crippen molar-refractivity contribution < 1.29 is 4.39 Å². The molecule has 0 aliphatic rings. The molecule has 1 unspecified atom stereocenters. The standard InChI is InChI=1S/C8H6BrCl2F/c1-4(10)5-2-6(9)7(11)3-8(5)12/h2-4H,1H3. The number of hydrogen-bond acceptors (Lipinski definition) is 0. The first-order valence-corrected chi connectivity index (χ1v) is 4.91. The van der Waals surface area contributed by atoms with Crippen LogP contribution in [0.1, 0.15) is 17.9 Å². The van der Waals surface area contributed by atoms with Crippen molar-refractivity contribution in [1.29, 1.82) is 0 Å². The first-order chi connectivity index (χ1) is 5.52. The maximum absolute atomic E-state index is 13.1. The molecule has 1 atom stereocenters. The zero-order chi connectivity index (χ0) is 9.30. The first kappa shape index (κ1) is 10.3. The van der Waals surface area contributed by atoms with Gasteiger partial charge in [-0.25, -0.2) is 4.39 Å². The number of benzene rings is 1. The fourth-order valence-corrected chi connectivity index (χ4v) is 1.52. The lowest BCUT2D eigenvalue weighted by Gasteiger charge is -2.06. The summed E-state index contributed by atoms with van der Waals surface area (Å²) in [5, 5.41) is 0.00660. The zero-order valence-electron chi connectivity index (χ0n) is 6.24. The van der Waals surface area contributed by atoms with Crippen LogP contribution in [0.5, 0.6) is 0 Å². The van der Waals surface area contributed by atoms with E-state index in [0.29, 0.717) is 15.1 Å².